The number of nitrogens with zero attached hydrogens (tertiary/aromatic N) is 2. The minimum absolute atomic E-state index is 0.186. The molecule has 0 atom stereocenters. The third kappa shape index (κ3) is 3.68. The van der Waals surface area contributed by atoms with E-state index in [1.54, 1.807) is 0 Å². The van der Waals surface area contributed by atoms with Gasteiger partial charge >= 0.3 is 4.87 Å². The molecule has 1 fully saturated rings. The first kappa shape index (κ1) is 12.8. The molecule has 0 N–H and O–H groups in total. The molecule has 0 amide bonds. The van der Waals surface area contributed by atoms with Crippen molar-refractivity contribution >= 4 is 11.3 Å². The highest BCUT2D eigenvalue weighted by Gasteiger charge is 2.23. The van der Waals surface area contributed by atoms with Crippen molar-refractivity contribution in [3.8, 4) is 0 Å². The number of aromatic nitrogens is 1. The Balaban J connectivity index is 1.87. The summed E-state index contributed by atoms with van der Waals surface area (Å²) in [5.74, 6) is 0.932. The Morgan fingerprint density at radius 1 is 1.47 bits per heavy atom. The minimum atomic E-state index is 0.186. The quantitative estimate of drug-likeness (QED) is 0.746. The second-order valence-electron chi connectivity index (χ2n) is 5.04. The van der Waals surface area contributed by atoms with Crippen LogP contribution < -0.4 is 4.87 Å². The van der Waals surface area contributed by atoms with Crippen molar-refractivity contribution in [1.82, 2.24) is 9.47 Å². The van der Waals surface area contributed by atoms with E-state index in [0.717, 1.165) is 31.2 Å². The molecule has 96 valence electrons. The van der Waals surface area contributed by atoms with Crippen LogP contribution in [0.5, 0.6) is 0 Å². The fourth-order valence-electron chi connectivity index (χ4n) is 2.19. The number of hydrogen-bond donors (Lipinski definition) is 0. The number of aryl methyl sites for hydroxylation is 1. The summed E-state index contributed by atoms with van der Waals surface area (Å²) >= 11 is 1.31. The molecule has 0 aliphatic heterocycles. The van der Waals surface area contributed by atoms with Crippen molar-refractivity contribution in [3.63, 3.8) is 0 Å². The van der Waals surface area contributed by atoms with Crippen LogP contribution in [0.15, 0.2) is 10.2 Å². The van der Waals surface area contributed by atoms with Crippen LogP contribution in [0.25, 0.3) is 0 Å². The Bertz CT molecular complexity index is 406. The molecule has 0 radical (unpaired) electrons. The molecule has 1 aromatic rings. The van der Waals surface area contributed by atoms with Crippen LogP contribution in [-0.4, -0.2) is 29.1 Å². The van der Waals surface area contributed by atoms with Crippen molar-refractivity contribution < 1.29 is 0 Å². The Kier molecular flexibility index (Phi) is 4.40. The lowest BCUT2D eigenvalue weighted by atomic mass is 10.3. The predicted molar refractivity (Wildman–Crippen MR) is 72.8 cm³/mol. The highest BCUT2D eigenvalue weighted by molar-refractivity contribution is 7.07. The average molecular weight is 254 g/mol. The van der Waals surface area contributed by atoms with Crippen LogP contribution >= 0.6 is 11.3 Å². The van der Waals surface area contributed by atoms with E-state index in [0.29, 0.717) is 0 Å². The summed E-state index contributed by atoms with van der Waals surface area (Å²) in [4.78, 5) is 14.3. The Morgan fingerprint density at radius 3 is 2.76 bits per heavy atom. The highest BCUT2D eigenvalue weighted by Crippen LogP contribution is 2.29. The molecule has 1 aliphatic carbocycles. The summed E-state index contributed by atoms with van der Waals surface area (Å²) < 4.78 is 1.90. The normalized spacial score (nSPS) is 15.7. The van der Waals surface area contributed by atoms with Crippen molar-refractivity contribution in [1.29, 1.82) is 0 Å². The molecule has 0 unspecified atom stereocenters. The van der Waals surface area contributed by atoms with Gasteiger partial charge in [0.25, 0.3) is 0 Å². The maximum atomic E-state index is 11.6. The summed E-state index contributed by atoms with van der Waals surface area (Å²) in [5.41, 5.74) is 1.10. The van der Waals surface area contributed by atoms with E-state index in [4.69, 9.17) is 0 Å². The van der Waals surface area contributed by atoms with Gasteiger partial charge < -0.3 is 9.47 Å². The number of hydrogen-bond acceptors (Lipinski definition) is 3. The molecule has 1 saturated carbocycles. The van der Waals surface area contributed by atoms with Gasteiger partial charge in [-0.15, -0.1) is 0 Å². The van der Waals surface area contributed by atoms with E-state index in [9.17, 15) is 4.79 Å². The average Bonchev–Trinajstić information content (AvgIpc) is 3.05. The van der Waals surface area contributed by atoms with Crippen LogP contribution in [0.1, 0.15) is 31.9 Å². The van der Waals surface area contributed by atoms with Gasteiger partial charge in [0.1, 0.15) is 0 Å². The molecule has 1 heterocycles. The standard InChI is InChI=1S/C13H22N2OS/c1-3-6-14(9-12-4-5-12)7-8-15-11(2)10-17-13(15)16/h10,12H,3-9H2,1-2H3. The second-order valence-corrected chi connectivity index (χ2v) is 5.86. The van der Waals surface area contributed by atoms with Gasteiger partial charge in [0.05, 0.1) is 0 Å². The molecule has 4 heteroatoms. The first-order valence-electron chi connectivity index (χ1n) is 6.58. The van der Waals surface area contributed by atoms with Crippen LogP contribution in [0, 0.1) is 12.8 Å². The first-order valence-corrected chi connectivity index (χ1v) is 7.46. The second kappa shape index (κ2) is 5.83. The molecule has 0 bridgehead atoms. The third-order valence-electron chi connectivity index (χ3n) is 3.37. The van der Waals surface area contributed by atoms with E-state index in [2.05, 4.69) is 11.8 Å². The van der Waals surface area contributed by atoms with E-state index in [1.165, 1.54) is 37.1 Å². The van der Waals surface area contributed by atoms with Crippen molar-refractivity contribution in [2.75, 3.05) is 19.6 Å². The van der Waals surface area contributed by atoms with Crippen LogP contribution in [0.3, 0.4) is 0 Å². The molecule has 17 heavy (non-hydrogen) atoms. The molecule has 0 aromatic carbocycles. The van der Waals surface area contributed by atoms with Gasteiger partial charge in [0, 0.05) is 30.7 Å². The maximum Gasteiger partial charge on any atom is 0.307 e. The first-order chi connectivity index (χ1) is 8.20. The van der Waals surface area contributed by atoms with E-state index in [-0.39, 0.29) is 4.87 Å². The van der Waals surface area contributed by atoms with Gasteiger partial charge in [-0.05, 0) is 38.6 Å². The van der Waals surface area contributed by atoms with Crippen LogP contribution in [0.4, 0.5) is 0 Å². The topological polar surface area (TPSA) is 25.2 Å². The lowest BCUT2D eigenvalue weighted by molar-refractivity contribution is 0.252. The van der Waals surface area contributed by atoms with Gasteiger partial charge in [-0.2, -0.15) is 0 Å². The lowest BCUT2D eigenvalue weighted by Gasteiger charge is -2.21. The van der Waals surface area contributed by atoms with E-state index < -0.39 is 0 Å². The van der Waals surface area contributed by atoms with Crippen molar-refractivity contribution in [2.45, 2.75) is 39.7 Å². The summed E-state index contributed by atoms with van der Waals surface area (Å²) in [7, 11) is 0. The van der Waals surface area contributed by atoms with Crippen LogP contribution in [-0.2, 0) is 6.54 Å². The molecule has 0 saturated heterocycles. The van der Waals surface area contributed by atoms with E-state index >= 15 is 0 Å². The number of rotatable bonds is 7. The van der Waals surface area contributed by atoms with Crippen LogP contribution in [0.2, 0.25) is 0 Å². The summed E-state index contributed by atoms with van der Waals surface area (Å²) in [6.07, 6.45) is 4.00. The smallest absolute Gasteiger partial charge is 0.302 e. The fraction of sp³-hybridized carbons (Fsp3) is 0.769. The number of thiazole rings is 1. The largest absolute Gasteiger partial charge is 0.307 e. The molecule has 3 nitrogen and oxygen atoms in total. The zero-order valence-corrected chi connectivity index (χ0v) is 11.6. The Morgan fingerprint density at radius 2 is 2.24 bits per heavy atom. The van der Waals surface area contributed by atoms with Gasteiger partial charge in [-0.3, -0.25) is 4.79 Å². The summed E-state index contributed by atoms with van der Waals surface area (Å²) in [5, 5.41) is 1.95. The minimum Gasteiger partial charge on any atom is -0.302 e. The van der Waals surface area contributed by atoms with Gasteiger partial charge in [0.2, 0.25) is 0 Å². The molecule has 0 spiro atoms. The monoisotopic (exact) mass is 254 g/mol. The lowest BCUT2D eigenvalue weighted by Crippen LogP contribution is -2.32. The van der Waals surface area contributed by atoms with Gasteiger partial charge in [-0.1, -0.05) is 18.3 Å². The SMILES string of the molecule is CCCN(CCn1c(C)csc1=O)CC1CC1. The molecule has 2 rings (SSSR count). The third-order valence-corrected chi connectivity index (χ3v) is 4.25. The zero-order valence-electron chi connectivity index (χ0n) is 10.8. The predicted octanol–water partition coefficient (Wildman–Crippen LogP) is 2.34. The molecule has 1 aliphatic rings. The van der Waals surface area contributed by atoms with Gasteiger partial charge in [0.15, 0.2) is 0 Å². The summed E-state index contributed by atoms with van der Waals surface area (Å²) in [6.45, 7) is 8.49. The zero-order chi connectivity index (χ0) is 12.3. The van der Waals surface area contributed by atoms with Crippen molar-refractivity contribution in [3.05, 3.63) is 20.7 Å². The maximum absolute atomic E-state index is 11.6. The molecular formula is C13H22N2OS. The van der Waals surface area contributed by atoms with Crippen molar-refractivity contribution in [2.24, 2.45) is 5.92 Å². The highest BCUT2D eigenvalue weighted by atomic mass is 32.1. The fourth-order valence-corrected chi connectivity index (χ4v) is 2.95. The molecular weight excluding hydrogens is 232 g/mol. The Labute approximate surface area is 107 Å². The Hall–Kier alpha value is -0.610. The van der Waals surface area contributed by atoms with Gasteiger partial charge in [-0.25, -0.2) is 0 Å². The summed E-state index contributed by atoms with van der Waals surface area (Å²) in [6, 6.07) is 0. The van der Waals surface area contributed by atoms with E-state index in [1.807, 2.05) is 16.9 Å². The molecule has 1 aromatic heterocycles.